The van der Waals surface area contributed by atoms with E-state index in [1.165, 1.54) is 44.9 Å². The van der Waals surface area contributed by atoms with Gasteiger partial charge in [0.1, 0.15) is 0 Å². The van der Waals surface area contributed by atoms with Crippen LogP contribution in [0.4, 0.5) is 0 Å². The van der Waals surface area contributed by atoms with E-state index in [4.69, 9.17) is 9.47 Å². The lowest BCUT2D eigenvalue weighted by atomic mass is 9.33. The molecule has 0 aromatic heterocycles. The molecule has 6 aliphatic rings. The van der Waals surface area contributed by atoms with Gasteiger partial charge in [0.2, 0.25) is 6.29 Å². The van der Waals surface area contributed by atoms with E-state index >= 15 is 0 Å². The fourth-order valence-electron chi connectivity index (χ4n) is 11.4. The first-order chi connectivity index (χ1) is 15.3. The Bertz CT molecular complexity index is 918. The highest BCUT2D eigenvalue weighted by atomic mass is 16.8. The van der Waals surface area contributed by atoms with Crippen molar-refractivity contribution in [1.82, 2.24) is 0 Å². The van der Waals surface area contributed by atoms with Crippen LogP contribution in [0.1, 0.15) is 100 Å². The quantitative estimate of drug-likeness (QED) is 0.312. The Morgan fingerprint density at radius 2 is 1.58 bits per heavy atom. The Labute approximate surface area is 201 Å². The van der Waals surface area contributed by atoms with Gasteiger partial charge in [0.15, 0.2) is 6.10 Å². The summed E-state index contributed by atoms with van der Waals surface area (Å²) in [6, 6.07) is 0. The molecule has 0 aromatic rings. The second-order valence-corrected chi connectivity index (χ2v) is 14.8. The van der Waals surface area contributed by atoms with Crippen LogP contribution in [0.5, 0.6) is 0 Å². The molecule has 10 atom stereocenters. The van der Waals surface area contributed by atoms with E-state index in [9.17, 15) is 4.79 Å². The molecule has 33 heavy (non-hydrogen) atoms. The number of carbonyl (C=O) groups is 1. The number of carbonyl (C=O) groups excluding carboxylic acids is 1. The lowest BCUT2D eigenvalue weighted by Crippen LogP contribution is -2.68. The highest BCUT2D eigenvalue weighted by molar-refractivity contribution is 5.78. The van der Waals surface area contributed by atoms with E-state index in [1.54, 1.807) is 5.57 Å². The maximum absolute atomic E-state index is 13.1. The van der Waals surface area contributed by atoms with Gasteiger partial charge in [-0.2, -0.15) is 0 Å². The average molecular weight is 455 g/mol. The summed E-state index contributed by atoms with van der Waals surface area (Å²) in [5, 5.41) is 0. The molecule has 3 heteroatoms. The van der Waals surface area contributed by atoms with Crippen molar-refractivity contribution in [2.75, 3.05) is 0 Å². The van der Waals surface area contributed by atoms with Gasteiger partial charge < -0.3 is 9.47 Å². The minimum atomic E-state index is -0.382. The zero-order valence-corrected chi connectivity index (χ0v) is 22.3. The van der Waals surface area contributed by atoms with Gasteiger partial charge in [-0.05, 0) is 90.8 Å². The van der Waals surface area contributed by atoms with Crippen molar-refractivity contribution in [1.29, 1.82) is 0 Å². The van der Waals surface area contributed by atoms with Gasteiger partial charge in [0.05, 0.1) is 0 Å². The Hall–Kier alpha value is -0.830. The van der Waals surface area contributed by atoms with Crippen LogP contribution in [-0.4, -0.2) is 18.4 Å². The van der Waals surface area contributed by atoms with Gasteiger partial charge in [-0.1, -0.05) is 67.0 Å². The van der Waals surface area contributed by atoms with Gasteiger partial charge in [-0.25, -0.2) is 4.79 Å². The summed E-state index contributed by atoms with van der Waals surface area (Å²) in [6.45, 7) is 19.7. The van der Waals surface area contributed by atoms with Gasteiger partial charge in [-0.15, -0.1) is 0 Å². The number of hydrogen-bond acceptors (Lipinski definition) is 3. The third kappa shape index (κ3) is 2.40. The van der Waals surface area contributed by atoms with E-state index in [2.05, 4.69) is 61.5 Å². The maximum atomic E-state index is 13.1. The standard InChI is InChI=1S/C30H46O3/c1-17(2)18-11-14-27(5)19(18)12-15-28(6)21(27)9-10-22-29(28,7)16-13-20-26(3,4)25-32-23(24(31)33-25)30(20,22)8/h12,17-18,20-23,25H,9-11,13-16H2,1-8H3/t18-,20+,21-,22+,23-,25+,27+,28-,29-,30+/m1/s1. The van der Waals surface area contributed by atoms with E-state index in [0.29, 0.717) is 17.3 Å². The molecule has 2 aliphatic heterocycles. The van der Waals surface area contributed by atoms with Crippen LogP contribution in [0.15, 0.2) is 11.6 Å². The van der Waals surface area contributed by atoms with Crippen LogP contribution in [0.2, 0.25) is 0 Å². The van der Waals surface area contributed by atoms with Crippen molar-refractivity contribution in [2.24, 2.45) is 56.7 Å². The molecule has 184 valence electrons. The van der Waals surface area contributed by atoms with Crippen LogP contribution in [0, 0.1) is 56.7 Å². The molecule has 2 saturated heterocycles. The number of allylic oxidation sites excluding steroid dienone is 2. The molecular weight excluding hydrogens is 408 g/mol. The maximum Gasteiger partial charge on any atom is 0.338 e. The van der Waals surface area contributed by atoms with Crippen LogP contribution >= 0.6 is 0 Å². The van der Waals surface area contributed by atoms with Crippen molar-refractivity contribution < 1.29 is 14.3 Å². The van der Waals surface area contributed by atoms with E-state index < -0.39 is 0 Å². The van der Waals surface area contributed by atoms with Gasteiger partial charge in [-0.3, -0.25) is 0 Å². The molecule has 0 N–H and O–H groups in total. The largest absolute Gasteiger partial charge is 0.433 e. The minimum Gasteiger partial charge on any atom is -0.433 e. The smallest absolute Gasteiger partial charge is 0.338 e. The van der Waals surface area contributed by atoms with Crippen molar-refractivity contribution in [2.45, 2.75) is 113 Å². The summed E-state index contributed by atoms with van der Waals surface area (Å²) >= 11 is 0. The van der Waals surface area contributed by atoms with Gasteiger partial charge >= 0.3 is 5.97 Å². The first-order valence-electron chi connectivity index (χ1n) is 13.9. The molecule has 6 rings (SSSR count). The third-order valence-electron chi connectivity index (χ3n) is 13.2. The Morgan fingerprint density at radius 1 is 0.879 bits per heavy atom. The van der Waals surface area contributed by atoms with Crippen molar-refractivity contribution in [3.05, 3.63) is 11.6 Å². The fourth-order valence-corrected chi connectivity index (χ4v) is 11.4. The molecule has 2 heterocycles. The third-order valence-corrected chi connectivity index (χ3v) is 13.2. The molecule has 0 amide bonds. The number of esters is 1. The van der Waals surface area contributed by atoms with Crippen LogP contribution in [-0.2, 0) is 14.3 Å². The second-order valence-electron chi connectivity index (χ2n) is 14.8. The Morgan fingerprint density at radius 3 is 2.27 bits per heavy atom. The number of ether oxygens (including phenoxy) is 2. The summed E-state index contributed by atoms with van der Waals surface area (Å²) in [4.78, 5) is 13.1. The SMILES string of the molecule is CC(C)[C@H]1CC[C@@]2(C)C1=CC[C@]1(C)[C@@H]2CC[C@@H]2[C@@]3(C)[C@@H]4O[C@@H](OC4=O)C(C)(C)[C@@H]3CC[C@]21C. The Balaban J connectivity index is 1.44. The fraction of sp³-hybridized carbons (Fsp3) is 0.900. The topological polar surface area (TPSA) is 35.5 Å². The number of fused-ring (bicyclic) bond motifs is 10. The number of hydrogen-bond donors (Lipinski definition) is 0. The molecule has 2 bridgehead atoms. The van der Waals surface area contributed by atoms with Crippen LogP contribution in [0.3, 0.4) is 0 Å². The monoisotopic (exact) mass is 454 g/mol. The summed E-state index contributed by atoms with van der Waals surface area (Å²) in [7, 11) is 0. The van der Waals surface area contributed by atoms with E-state index in [0.717, 1.165) is 17.8 Å². The summed E-state index contributed by atoms with van der Waals surface area (Å²) in [5.74, 6) is 3.14. The molecular formula is C30H46O3. The van der Waals surface area contributed by atoms with Gasteiger partial charge in [0, 0.05) is 10.8 Å². The van der Waals surface area contributed by atoms with Crippen LogP contribution in [0.25, 0.3) is 0 Å². The molecule has 0 unspecified atom stereocenters. The number of rotatable bonds is 1. The molecule has 0 radical (unpaired) electrons. The first kappa shape index (κ1) is 22.6. The van der Waals surface area contributed by atoms with E-state index in [1.807, 2.05) is 0 Å². The van der Waals surface area contributed by atoms with E-state index in [-0.39, 0.29) is 40.0 Å². The summed E-state index contributed by atoms with van der Waals surface area (Å²) in [5.41, 5.74) is 2.38. The Kier molecular flexibility index (Phi) is 4.44. The summed E-state index contributed by atoms with van der Waals surface area (Å²) in [6.07, 6.45) is 10.9. The molecule has 3 nitrogen and oxygen atoms in total. The zero-order chi connectivity index (χ0) is 23.8. The molecule has 5 fully saturated rings. The average Bonchev–Trinajstić information content (AvgIpc) is 3.27. The van der Waals surface area contributed by atoms with Gasteiger partial charge in [0.25, 0.3) is 0 Å². The van der Waals surface area contributed by atoms with Crippen LogP contribution < -0.4 is 0 Å². The summed E-state index contributed by atoms with van der Waals surface area (Å²) < 4.78 is 12.2. The normalized spacial score (nSPS) is 56.4. The predicted octanol–water partition coefficient (Wildman–Crippen LogP) is 7.15. The zero-order valence-electron chi connectivity index (χ0n) is 22.3. The van der Waals surface area contributed by atoms with Crippen molar-refractivity contribution in [3.8, 4) is 0 Å². The van der Waals surface area contributed by atoms with Crippen molar-refractivity contribution in [3.63, 3.8) is 0 Å². The predicted molar refractivity (Wildman–Crippen MR) is 130 cm³/mol. The molecule has 4 aliphatic carbocycles. The minimum absolute atomic E-state index is 0.0945. The lowest BCUT2D eigenvalue weighted by Gasteiger charge is -2.72. The highest BCUT2D eigenvalue weighted by Crippen LogP contribution is 2.77. The highest BCUT2D eigenvalue weighted by Gasteiger charge is 2.74. The molecule has 0 aromatic carbocycles. The lowest BCUT2D eigenvalue weighted by molar-refractivity contribution is -0.292. The molecule has 3 saturated carbocycles. The molecule has 0 spiro atoms. The second kappa shape index (κ2) is 6.48. The first-order valence-corrected chi connectivity index (χ1v) is 13.9. The van der Waals surface area contributed by atoms with Crippen molar-refractivity contribution >= 4 is 5.97 Å².